The van der Waals surface area contributed by atoms with E-state index in [9.17, 15) is 0 Å². The molecule has 21 heavy (non-hydrogen) atoms. The van der Waals surface area contributed by atoms with Crippen LogP contribution >= 0.6 is 0 Å². The van der Waals surface area contributed by atoms with Crippen molar-refractivity contribution in [1.82, 2.24) is 10.2 Å². The number of nitrogens with zero attached hydrogens (tertiary/aromatic N) is 1. The predicted octanol–water partition coefficient (Wildman–Crippen LogP) is 3.44. The number of benzene rings is 1. The second-order valence-electron chi connectivity index (χ2n) is 6.25. The van der Waals surface area contributed by atoms with Gasteiger partial charge in [0.2, 0.25) is 0 Å². The molecule has 0 saturated carbocycles. The molecule has 1 heterocycles. The molecule has 0 spiro atoms. The first-order chi connectivity index (χ1) is 10.2. The smallest absolute Gasteiger partial charge is 0.120 e. The molecule has 1 saturated heterocycles. The van der Waals surface area contributed by atoms with Crippen LogP contribution < -0.4 is 10.1 Å². The molecule has 3 nitrogen and oxygen atoms in total. The maximum Gasteiger partial charge on any atom is 0.120 e. The van der Waals surface area contributed by atoms with Gasteiger partial charge in [0, 0.05) is 6.54 Å². The van der Waals surface area contributed by atoms with Crippen molar-refractivity contribution in [1.29, 1.82) is 0 Å². The van der Waals surface area contributed by atoms with Crippen LogP contribution in [0, 0.1) is 0 Å². The number of likely N-dealkylation sites (tertiary alicyclic amines) is 1. The number of ether oxygens (including phenoxy) is 1. The van der Waals surface area contributed by atoms with Crippen LogP contribution in [0.25, 0.3) is 0 Å². The minimum absolute atomic E-state index is 0.234. The lowest BCUT2D eigenvalue weighted by Crippen LogP contribution is -2.32. The molecule has 0 bridgehead atoms. The van der Waals surface area contributed by atoms with Gasteiger partial charge in [-0.05, 0) is 77.0 Å². The number of hydrogen-bond acceptors (Lipinski definition) is 3. The number of rotatable bonds is 8. The van der Waals surface area contributed by atoms with E-state index in [2.05, 4.69) is 42.3 Å². The van der Waals surface area contributed by atoms with E-state index in [4.69, 9.17) is 4.74 Å². The Morgan fingerprint density at radius 2 is 2.00 bits per heavy atom. The maximum atomic E-state index is 5.73. The van der Waals surface area contributed by atoms with Crippen LogP contribution in [0.5, 0.6) is 5.75 Å². The van der Waals surface area contributed by atoms with Crippen molar-refractivity contribution in [3.63, 3.8) is 0 Å². The quantitative estimate of drug-likeness (QED) is 0.742. The molecule has 0 aliphatic carbocycles. The van der Waals surface area contributed by atoms with E-state index in [1.54, 1.807) is 0 Å². The van der Waals surface area contributed by atoms with Gasteiger partial charge in [0.1, 0.15) is 5.75 Å². The van der Waals surface area contributed by atoms with E-state index in [1.807, 2.05) is 6.07 Å². The summed E-state index contributed by atoms with van der Waals surface area (Å²) < 4.78 is 5.73. The highest BCUT2D eigenvalue weighted by atomic mass is 16.5. The van der Waals surface area contributed by atoms with Crippen molar-refractivity contribution in [2.45, 2.75) is 52.2 Å². The molecular formula is C18H30N2O. The van der Waals surface area contributed by atoms with E-state index in [0.717, 1.165) is 18.8 Å². The van der Waals surface area contributed by atoms with Crippen LogP contribution in [0.1, 0.15) is 45.1 Å². The molecule has 2 rings (SSSR count). The van der Waals surface area contributed by atoms with E-state index >= 15 is 0 Å². The van der Waals surface area contributed by atoms with Gasteiger partial charge in [0.25, 0.3) is 0 Å². The largest absolute Gasteiger partial charge is 0.491 e. The lowest BCUT2D eigenvalue weighted by Gasteiger charge is -2.26. The van der Waals surface area contributed by atoms with Crippen LogP contribution in [0.3, 0.4) is 0 Å². The molecule has 1 N–H and O–H groups in total. The normalized spacial score (nSPS) is 16.3. The zero-order valence-corrected chi connectivity index (χ0v) is 13.6. The Morgan fingerprint density at radius 3 is 2.76 bits per heavy atom. The molecule has 1 aliphatic rings. The van der Waals surface area contributed by atoms with Crippen LogP contribution in [0.4, 0.5) is 0 Å². The first kappa shape index (κ1) is 16.3. The highest BCUT2D eigenvalue weighted by Crippen LogP contribution is 2.14. The third-order valence-electron chi connectivity index (χ3n) is 3.88. The maximum absolute atomic E-state index is 5.73. The van der Waals surface area contributed by atoms with E-state index in [0.29, 0.717) is 0 Å². The summed E-state index contributed by atoms with van der Waals surface area (Å²) in [5.74, 6) is 0.970. The van der Waals surface area contributed by atoms with Crippen molar-refractivity contribution < 1.29 is 4.74 Å². The fourth-order valence-corrected chi connectivity index (χ4v) is 2.84. The topological polar surface area (TPSA) is 24.5 Å². The van der Waals surface area contributed by atoms with E-state index < -0.39 is 0 Å². The van der Waals surface area contributed by atoms with Crippen molar-refractivity contribution >= 4 is 0 Å². The zero-order chi connectivity index (χ0) is 14.9. The van der Waals surface area contributed by atoms with E-state index in [-0.39, 0.29) is 6.10 Å². The molecule has 1 aromatic carbocycles. The molecule has 1 aliphatic heterocycles. The molecule has 0 atom stereocenters. The first-order valence-electron chi connectivity index (χ1n) is 8.43. The summed E-state index contributed by atoms with van der Waals surface area (Å²) in [5.41, 5.74) is 1.30. The zero-order valence-electron chi connectivity index (χ0n) is 13.6. The predicted molar refractivity (Wildman–Crippen MR) is 88.8 cm³/mol. The Balaban J connectivity index is 1.61. The van der Waals surface area contributed by atoms with Crippen molar-refractivity contribution in [3.05, 3.63) is 29.8 Å². The molecule has 1 fully saturated rings. The average Bonchev–Trinajstić information content (AvgIpc) is 2.48. The standard InChI is InChI=1S/C18H30N2O/c1-16(2)21-18-9-6-8-17(14-18)15-19-10-7-13-20-11-4-3-5-12-20/h6,8-9,14,16,19H,3-5,7,10-13,15H2,1-2H3. The Labute approximate surface area is 129 Å². The van der Waals surface area contributed by atoms with Gasteiger partial charge in [-0.1, -0.05) is 18.6 Å². The highest BCUT2D eigenvalue weighted by Gasteiger charge is 2.08. The summed E-state index contributed by atoms with van der Waals surface area (Å²) >= 11 is 0. The number of piperidine rings is 1. The Bertz CT molecular complexity index is 400. The summed E-state index contributed by atoms with van der Waals surface area (Å²) in [7, 11) is 0. The summed E-state index contributed by atoms with van der Waals surface area (Å²) in [5, 5.41) is 3.54. The van der Waals surface area contributed by atoms with Gasteiger partial charge in [-0.25, -0.2) is 0 Å². The molecule has 0 unspecified atom stereocenters. The van der Waals surface area contributed by atoms with Crippen LogP contribution in [0.2, 0.25) is 0 Å². The number of nitrogens with one attached hydrogen (secondary N) is 1. The van der Waals surface area contributed by atoms with Gasteiger partial charge in [-0.2, -0.15) is 0 Å². The highest BCUT2D eigenvalue weighted by molar-refractivity contribution is 5.28. The molecule has 3 heteroatoms. The van der Waals surface area contributed by atoms with Gasteiger partial charge in [0.05, 0.1) is 6.10 Å². The molecule has 0 radical (unpaired) electrons. The van der Waals surface area contributed by atoms with Gasteiger partial charge >= 0.3 is 0 Å². The Hall–Kier alpha value is -1.06. The Morgan fingerprint density at radius 1 is 1.19 bits per heavy atom. The third-order valence-corrected chi connectivity index (χ3v) is 3.88. The van der Waals surface area contributed by atoms with Crippen LogP contribution in [0.15, 0.2) is 24.3 Å². The van der Waals surface area contributed by atoms with Crippen molar-refractivity contribution in [3.8, 4) is 5.75 Å². The molecule has 118 valence electrons. The van der Waals surface area contributed by atoms with Gasteiger partial charge < -0.3 is 15.0 Å². The van der Waals surface area contributed by atoms with Gasteiger partial charge in [0.15, 0.2) is 0 Å². The lowest BCUT2D eigenvalue weighted by atomic mass is 10.1. The van der Waals surface area contributed by atoms with Crippen LogP contribution in [-0.4, -0.2) is 37.2 Å². The molecule has 1 aromatic rings. The monoisotopic (exact) mass is 290 g/mol. The fourth-order valence-electron chi connectivity index (χ4n) is 2.84. The summed E-state index contributed by atoms with van der Waals surface area (Å²) in [6.07, 6.45) is 5.66. The van der Waals surface area contributed by atoms with Crippen molar-refractivity contribution in [2.75, 3.05) is 26.2 Å². The first-order valence-corrected chi connectivity index (χ1v) is 8.43. The minimum atomic E-state index is 0.234. The Kier molecular flexibility index (Phi) is 7.04. The minimum Gasteiger partial charge on any atom is -0.491 e. The number of hydrogen-bond donors (Lipinski definition) is 1. The third kappa shape index (κ3) is 6.49. The second kappa shape index (κ2) is 9.06. The van der Waals surface area contributed by atoms with Crippen molar-refractivity contribution in [2.24, 2.45) is 0 Å². The molecule has 0 amide bonds. The SMILES string of the molecule is CC(C)Oc1cccc(CNCCCN2CCCCC2)c1. The van der Waals surface area contributed by atoms with Crippen LogP contribution in [-0.2, 0) is 6.54 Å². The summed E-state index contributed by atoms with van der Waals surface area (Å²) in [4.78, 5) is 2.60. The van der Waals surface area contributed by atoms with Gasteiger partial charge in [-0.3, -0.25) is 0 Å². The molecular weight excluding hydrogens is 260 g/mol. The summed E-state index contributed by atoms with van der Waals surface area (Å²) in [6.45, 7) is 9.98. The summed E-state index contributed by atoms with van der Waals surface area (Å²) in [6, 6.07) is 8.39. The fraction of sp³-hybridized carbons (Fsp3) is 0.667. The second-order valence-corrected chi connectivity index (χ2v) is 6.25. The molecule has 0 aromatic heterocycles. The van der Waals surface area contributed by atoms with Gasteiger partial charge in [-0.15, -0.1) is 0 Å². The lowest BCUT2D eigenvalue weighted by molar-refractivity contribution is 0.225. The van der Waals surface area contributed by atoms with E-state index in [1.165, 1.54) is 50.9 Å². The average molecular weight is 290 g/mol.